The standard InChI is InChI=1S/C10H10Cl2GeS2/c11-13(12,14-9-5-1-2-6-9)15-10-7-3-4-8-10/h1-3,5-9H,4H2. The third-order valence-corrected chi connectivity index (χ3v) is 18.0. The number of hydrogen-bond donors (Lipinski definition) is 0. The number of rotatable bonds is 4. The second-order valence-corrected chi connectivity index (χ2v) is 28.6. The van der Waals surface area contributed by atoms with Crippen LogP contribution in [0.25, 0.3) is 0 Å². The Labute approximate surface area is 108 Å². The molecular formula is C10H10Cl2GeS2. The minimum atomic E-state index is -2.79. The van der Waals surface area contributed by atoms with Crippen molar-refractivity contribution in [2.75, 3.05) is 0 Å². The molecule has 15 heavy (non-hydrogen) atoms. The minimum absolute atomic E-state index is 0.374. The van der Waals surface area contributed by atoms with E-state index in [4.69, 9.17) is 20.0 Å². The Bertz CT molecular complexity index is 346. The maximum absolute atomic E-state index is 6.43. The molecular weight excluding hydrogens is 328 g/mol. The van der Waals surface area contributed by atoms with E-state index in [2.05, 4.69) is 30.4 Å². The molecule has 0 heterocycles. The third-order valence-electron chi connectivity index (χ3n) is 1.96. The van der Waals surface area contributed by atoms with Crippen molar-refractivity contribution in [1.82, 2.24) is 0 Å². The molecule has 0 radical (unpaired) electrons. The van der Waals surface area contributed by atoms with Crippen LogP contribution in [0, 0.1) is 0 Å². The zero-order chi connectivity index (χ0) is 10.7. The molecule has 0 nitrogen and oxygen atoms in total. The van der Waals surface area contributed by atoms with Crippen molar-refractivity contribution in [1.29, 1.82) is 0 Å². The first-order valence-corrected chi connectivity index (χ1v) is 17.0. The predicted molar refractivity (Wildman–Crippen MR) is 76.6 cm³/mol. The zero-order valence-electron chi connectivity index (χ0n) is 7.90. The Kier molecular flexibility index (Phi) is 4.42. The molecule has 0 atom stereocenters. The van der Waals surface area contributed by atoms with E-state index in [1.807, 2.05) is 12.2 Å². The molecule has 0 bridgehead atoms. The maximum atomic E-state index is 6.43. The summed E-state index contributed by atoms with van der Waals surface area (Å²) in [4.78, 5) is 1.23. The molecule has 0 saturated carbocycles. The normalized spacial score (nSPS) is 20.3. The van der Waals surface area contributed by atoms with Gasteiger partial charge in [0, 0.05) is 0 Å². The molecule has 0 aromatic heterocycles. The van der Waals surface area contributed by atoms with Crippen molar-refractivity contribution in [3.8, 4) is 0 Å². The number of hydrogen-bond acceptors (Lipinski definition) is 2. The van der Waals surface area contributed by atoms with Crippen LogP contribution in [0.5, 0.6) is 0 Å². The van der Waals surface area contributed by atoms with Crippen LogP contribution >= 0.6 is 40.2 Å². The topological polar surface area (TPSA) is 0 Å². The van der Waals surface area contributed by atoms with E-state index < -0.39 is 9.12 Å². The second kappa shape index (κ2) is 5.41. The first-order valence-electron chi connectivity index (χ1n) is 4.62. The second-order valence-electron chi connectivity index (χ2n) is 3.16. The Morgan fingerprint density at radius 3 is 2.60 bits per heavy atom. The molecule has 0 spiro atoms. The molecule has 0 aromatic rings. The van der Waals surface area contributed by atoms with Crippen LogP contribution in [0.4, 0.5) is 0 Å². The first kappa shape index (κ1) is 12.2. The van der Waals surface area contributed by atoms with Crippen molar-refractivity contribution in [3.05, 3.63) is 47.4 Å². The van der Waals surface area contributed by atoms with Crippen LogP contribution < -0.4 is 0 Å². The van der Waals surface area contributed by atoms with Gasteiger partial charge >= 0.3 is 108 Å². The molecule has 0 fully saturated rings. The van der Waals surface area contributed by atoms with Crippen LogP contribution in [-0.2, 0) is 0 Å². The molecule has 2 aliphatic carbocycles. The average molecular weight is 338 g/mol. The summed E-state index contributed by atoms with van der Waals surface area (Å²) in [5.41, 5.74) is 0. The summed E-state index contributed by atoms with van der Waals surface area (Å²) >= 11 is 0. The van der Waals surface area contributed by atoms with Gasteiger partial charge in [-0.2, -0.15) is 0 Å². The molecule has 5 heteroatoms. The van der Waals surface area contributed by atoms with Gasteiger partial charge in [-0.25, -0.2) is 0 Å². The van der Waals surface area contributed by atoms with Gasteiger partial charge in [0.05, 0.1) is 0 Å². The predicted octanol–water partition coefficient (Wildman–Crippen LogP) is 4.70. The Morgan fingerprint density at radius 1 is 1.27 bits per heavy atom. The quantitative estimate of drug-likeness (QED) is 0.682. The van der Waals surface area contributed by atoms with Gasteiger partial charge in [0.15, 0.2) is 0 Å². The van der Waals surface area contributed by atoms with E-state index in [9.17, 15) is 0 Å². The molecule has 0 unspecified atom stereocenters. The molecule has 0 aromatic carbocycles. The van der Waals surface area contributed by atoms with Crippen molar-refractivity contribution in [2.24, 2.45) is 0 Å². The summed E-state index contributed by atoms with van der Waals surface area (Å²) in [6, 6.07) is 0. The van der Waals surface area contributed by atoms with Gasteiger partial charge in [0.1, 0.15) is 0 Å². The summed E-state index contributed by atoms with van der Waals surface area (Å²) in [5, 5.41) is 0.374. The Morgan fingerprint density at radius 2 is 2.00 bits per heavy atom. The summed E-state index contributed by atoms with van der Waals surface area (Å²) in [5.74, 6) is 0. The van der Waals surface area contributed by atoms with Crippen LogP contribution in [0.15, 0.2) is 47.4 Å². The SMILES string of the molecule is [Cl][Ge]([Cl])([S]C1=CCC=C1)[S]C1C=CC=C1. The van der Waals surface area contributed by atoms with Crippen LogP contribution in [0.2, 0.25) is 0 Å². The van der Waals surface area contributed by atoms with Crippen LogP contribution in [-0.4, -0.2) is 14.4 Å². The van der Waals surface area contributed by atoms with Gasteiger partial charge < -0.3 is 0 Å². The molecule has 0 aliphatic heterocycles. The van der Waals surface area contributed by atoms with Gasteiger partial charge in [-0.1, -0.05) is 0 Å². The number of halogens is 2. The van der Waals surface area contributed by atoms with Gasteiger partial charge in [0.2, 0.25) is 0 Å². The molecule has 0 amide bonds. The fourth-order valence-corrected chi connectivity index (χ4v) is 18.6. The van der Waals surface area contributed by atoms with E-state index in [-0.39, 0.29) is 0 Å². The third kappa shape index (κ3) is 3.93. The van der Waals surface area contributed by atoms with Crippen molar-refractivity contribution < 1.29 is 0 Å². The van der Waals surface area contributed by atoms with E-state index in [1.165, 1.54) is 4.91 Å². The van der Waals surface area contributed by atoms with Gasteiger partial charge in [0.25, 0.3) is 0 Å². The molecule has 2 aliphatic rings. The Balaban J connectivity index is 1.91. The van der Waals surface area contributed by atoms with Crippen molar-refractivity contribution in [2.45, 2.75) is 11.7 Å². The van der Waals surface area contributed by atoms with E-state index >= 15 is 0 Å². The molecule has 0 saturated heterocycles. The van der Waals surface area contributed by atoms with Gasteiger partial charge in [-0.3, -0.25) is 0 Å². The van der Waals surface area contributed by atoms with Gasteiger partial charge in [-0.15, -0.1) is 0 Å². The fourth-order valence-electron chi connectivity index (χ4n) is 1.32. The van der Waals surface area contributed by atoms with Gasteiger partial charge in [-0.05, 0) is 0 Å². The summed E-state index contributed by atoms with van der Waals surface area (Å²) < 4.78 is 0. The molecule has 2 rings (SSSR count). The average Bonchev–Trinajstić information content (AvgIpc) is 2.75. The monoisotopic (exact) mass is 338 g/mol. The first-order chi connectivity index (χ1) is 7.16. The Hall–Kier alpha value is 0.783. The molecule has 80 valence electrons. The van der Waals surface area contributed by atoms with Crippen LogP contribution in [0.1, 0.15) is 6.42 Å². The van der Waals surface area contributed by atoms with E-state index in [0.29, 0.717) is 5.25 Å². The summed E-state index contributed by atoms with van der Waals surface area (Å²) in [6.45, 7) is 0. The molecule has 0 N–H and O–H groups in total. The summed E-state index contributed by atoms with van der Waals surface area (Å²) in [7, 11) is 13.5. The van der Waals surface area contributed by atoms with Crippen LogP contribution in [0.3, 0.4) is 0 Å². The summed E-state index contributed by atoms with van der Waals surface area (Å²) in [6.07, 6.45) is 15.8. The van der Waals surface area contributed by atoms with Crippen molar-refractivity contribution in [3.63, 3.8) is 0 Å². The van der Waals surface area contributed by atoms with E-state index in [0.717, 1.165) is 6.42 Å². The fraction of sp³-hybridized carbons (Fsp3) is 0.200. The zero-order valence-corrected chi connectivity index (χ0v) is 13.1. The number of allylic oxidation sites excluding steroid dienone is 5. The van der Waals surface area contributed by atoms with Crippen molar-refractivity contribution >= 4 is 49.3 Å². The van der Waals surface area contributed by atoms with E-state index in [1.54, 1.807) is 20.2 Å².